The van der Waals surface area contributed by atoms with Gasteiger partial charge in [-0.1, -0.05) is 11.6 Å². The molecule has 0 atom stereocenters. The molecule has 0 N–H and O–H groups in total. The number of hydrogen-bond donors (Lipinski definition) is 0. The van der Waals surface area contributed by atoms with Crippen LogP contribution in [0, 0.1) is 18.3 Å². The quantitative estimate of drug-likeness (QED) is 0.507. The van der Waals surface area contributed by atoms with Crippen LogP contribution in [0.15, 0.2) is 35.4 Å². The second-order valence-electron chi connectivity index (χ2n) is 6.06. The molecule has 0 spiro atoms. The summed E-state index contributed by atoms with van der Waals surface area (Å²) < 4.78 is 54.6. The molecular weight excluding hydrogens is 423 g/mol. The van der Waals surface area contributed by atoms with E-state index in [9.17, 15) is 18.4 Å². The van der Waals surface area contributed by atoms with E-state index < -0.39 is 11.9 Å². The molecule has 0 aliphatic rings. The van der Waals surface area contributed by atoms with Gasteiger partial charge in [-0.3, -0.25) is 0 Å². The van der Waals surface area contributed by atoms with Gasteiger partial charge >= 0.3 is 6.18 Å². The van der Waals surface area contributed by atoms with E-state index in [-0.39, 0.29) is 31.5 Å². The highest BCUT2D eigenvalue weighted by Crippen LogP contribution is 2.29. The molecule has 0 aliphatic heterocycles. The van der Waals surface area contributed by atoms with Gasteiger partial charge in [0, 0.05) is 23.6 Å². The zero-order chi connectivity index (χ0) is 22.1. The first-order chi connectivity index (χ1) is 14.2. The summed E-state index contributed by atoms with van der Waals surface area (Å²) in [6, 6.07) is 7.59. The van der Waals surface area contributed by atoms with Crippen molar-refractivity contribution in [2.24, 2.45) is 0 Å². The molecule has 0 amide bonds. The van der Waals surface area contributed by atoms with E-state index in [1.807, 2.05) is 6.07 Å². The van der Waals surface area contributed by atoms with Gasteiger partial charge in [-0.25, -0.2) is 4.98 Å². The van der Waals surface area contributed by atoms with Crippen molar-refractivity contribution in [1.29, 1.82) is 5.26 Å². The van der Waals surface area contributed by atoms with Gasteiger partial charge in [-0.15, -0.1) is 0 Å². The van der Waals surface area contributed by atoms with Crippen LogP contribution in [0.1, 0.15) is 30.4 Å². The third kappa shape index (κ3) is 7.44. The van der Waals surface area contributed by atoms with Crippen molar-refractivity contribution < 1.29 is 27.4 Å². The minimum absolute atomic E-state index is 0.0336. The molecule has 2 aromatic rings. The Kier molecular flexibility index (Phi) is 8.30. The van der Waals surface area contributed by atoms with E-state index in [0.29, 0.717) is 28.5 Å². The third-order valence-electron chi connectivity index (χ3n) is 3.59. The van der Waals surface area contributed by atoms with Crippen LogP contribution >= 0.6 is 11.6 Å². The van der Waals surface area contributed by atoms with Crippen LogP contribution in [0.3, 0.4) is 0 Å². The number of hydrogen-bond acceptors (Lipinski definition) is 6. The van der Waals surface area contributed by atoms with Crippen LogP contribution in [0.25, 0.3) is 0 Å². The van der Waals surface area contributed by atoms with Crippen LogP contribution in [0.4, 0.5) is 13.2 Å². The Bertz CT molecular complexity index is 939. The zero-order valence-corrected chi connectivity index (χ0v) is 17.0. The number of aryl methyl sites for hydroxylation is 1. The first-order valence-corrected chi connectivity index (χ1v) is 9.24. The molecule has 0 saturated carbocycles. The van der Waals surface area contributed by atoms with Crippen molar-refractivity contribution in [3.8, 4) is 23.4 Å². The molecule has 6 nitrogen and oxygen atoms in total. The van der Waals surface area contributed by atoms with Crippen molar-refractivity contribution in [1.82, 2.24) is 9.97 Å². The monoisotopic (exact) mass is 441 g/mol. The molecule has 1 aromatic carbocycles. The topological polar surface area (TPSA) is 77.3 Å². The average molecular weight is 442 g/mol. The smallest absolute Gasteiger partial charge is 0.433 e. The van der Waals surface area contributed by atoms with Crippen molar-refractivity contribution in [3.05, 3.63) is 52.5 Å². The summed E-state index contributed by atoms with van der Waals surface area (Å²) in [6.45, 7) is 3.64. The summed E-state index contributed by atoms with van der Waals surface area (Å²) in [6.07, 6.45) is -2.51. The van der Waals surface area contributed by atoms with Gasteiger partial charge in [0.1, 0.15) is 30.0 Å². The molecule has 160 valence electrons. The number of halogens is 4. The fourth-order valence-corrected chi connectivity index (χ4v) is 2.31. The lowest BCUT2D eigenvalue weighted by Crippen LogP contribution is -2.12. The Labute approximate surface area is 176 Å². The lowest BCUT2D eigenvalue weighted by molar-refractivity contribution is -0.141. The Morgan fingerprint density at radius 1 is 1.17 bits per heavy atom. The van der Waals surface area contributed by atoms with Crippen LogP contribution in [-0.2, 0) is 6.18 Å². The fourth-order valence-electron chi connectivity index (χ4n) is 2.24. The predicted molar refractivity (Wildman–Crippen MR) is 104 cm³/mol. The summed E-state index contributed by atoms with van der Waals surface area (Å²) in [4.78, 5) is 7.18. The van der Waals surface area contributed by atoms with Gasteiger partial charge in [0.05, 0.1) is 18.8 Å². The first kappa shape index (κ1) is 23.3. The van der Waals surface area contributed by atoms with Gasteiger partial charge < -0.3 is 14.2 Å². The normalized spacial score (nSPS) is 11.7. The molecule has 0 aliphatic carbocycles. The maximum Gasteiger partial charge on any atom is 0.433 e. The summed E-state index contributed by atoms with van der Waals surface area (Å²) in [7, 11) is 0. The van der Waals surface area contributed by atoms with Gasteiger partial charge in [0.2, 0.25) is 5.88 Å². The SMILES string of the molecule is C/C(Cl)=C/COc1ccc(OCCCOc2cc(C(F)(F)F)nc(C)n2)c(C#N)c1. The lowest BCUT2D eigenvalue weighted by Gasteiger charge is -2.11. The van der Waals surface area contributed by atoms with E-state index in [0.717, 1.165) is 6.07 Å². The molecular formula is C20H19ClF3N3O3. The molecule has 30 heavy (non-hydrogen) atoms. The lowest BCUT2D eigenvalue weighted by atomic mass is 10.2. The molecule has 0 unspecified atom stereocenters. The number of rotatable bonds is 9. The average Bonchev–Trinajstić information content (AvgIpc) is 2.67. The van der Waals surface area contributed by atoms with Gasteiger partial charge in [-0.2, -0.15) is 23.4 Å². The van der Waals surface area contributed by atoms with E-state index in [2.05, 4.69) is 9.97 Å². The second kappa shape index (κ2) is 10.7. The first-order valence-electron chi connectivity index (χ1n) is 8.86. The van der Waals surface area contributed by atoms with Crippen molar-refractivity contribution in [2.75, 3.05) is 19.8 Å². The van der Waals surface area contributed by atoms with Crippen LogP contribution < -0.4 is 14.2 Å². The molecule has 2 rings (SSSR count). The van der Waals surface area contributed by atoms with Crippen LogP contribution in [0.5, 0.6) is 17.4 Å². The summed E-state index contributed by atoms with van der Waals surface area (Å²) >= 11 is 5.73. The second-order valence-corrected chi connectivity index (χ2v) is 6.65. The Hall–Kier alpha value is -2.99. The van der Waals surface area contributed by atoms with Crippen molar-refractivity contribution >= 4 is 11.6 Å². The van der Waals surface area contributed by atoms with Crippen molar-refractivity contribution in [2.45, 2.75) is 26.4 Å². The van der Waals surface area contributed by atoms with Gasteiger partial charge in [0.15, 0.2) is 5.69 Å². The standard InChI is InChI=1S/C20H19ClF3N3O3/c1-13(21)6-9-28-16-4-5-17(15(10-16)12-25)29-7-3-8-30-19-11-18(20(22,23)24)26-14(2)27-19/h4-6,10-11H,3,7-9H2,1-2H3/b13-6-. The summed E-state index contributed by atoms with van der Waals surface area (Å²) in [5.74, 6) is 0.672. The number of aromatic nitrogens is 2. The molecule has 0 radical (unpaired) electrons. The van der Waals surface area contributed by atoms with Gasteiger partial charge in [-0.05, 0) is 32.1 Å². The van der Waals surface area contributed by atoms with E-state index >= 15 is 0 Å². The summed E-state index contributed by atoms with van der Waals surface area (Å²) in [5, 5.41) is 9.88. The summed E-state index contributed by atoms with van der Waals surface area (Å²) in [5.41, 5.74) is -0.764. The highest BCUT2D eigenvalue weighted by molar-refractivity contribution is 6.29. The fraction of sp³-hybridized carbons (Fsp3) is 0.350. The van der Waals surface area contributed by atoms with E-state index in [4.69, 9.17) is 25.8 Å². The number of allylic oxidation sites excluding steroid dienone is 1. The minimum Gasteiger partial charge on any atom is -0.492 e. The zero-order valence-electron chi connectivity index (χ0n) is 16.3. The Morgan fingerprint density at radius 3 is 2.57 bits per heavy atom. The highest BCUT2D eigenvalue weighted by Gasteiger charge is 2.33. The van der Waals surface area contributed by atoms with Gasteiger partial charge in [0.25, 0.3) is 0 Å². The molecule has 1 heterocycles. The highest BCUT2D eigenvalue weighted by atomic mass is 35.5. The maximum atomic E-state index is 12.8. The number of nitriles is 1. The molecule has 1 aromatic heterocycles. The van der Waals surface area contributed by atoms with Crippen LogP contribution in [0.2, 0.25) is 0 Å². The number of nitrogens with zero attached hydrogens (tertiary/aromatic N) is 3. The number of benzene rings is 1. The maximum absolute atomic E-state index is 12.8. The molecule has 10 heteroatoms. The van der Waals surface area contributed by atoms with Crippen LogP contribution in [-0.4, -0.2) is 29.8 Å². The number of alkyl halides is 3. The largest absolute Gasteiger partial charge is 0.492 e. The predicted octanol–water partition coefficient (Wildman–Crippen LogP) is 5.04. The van der Waals surface area contributed by atoms with Crippen molar-refractivity contribution in [3.63, 3.8) is 0 Å². The molecule has 0 saturated heterocycles. The Balaban J connectivity index is 1.85. The molecule has 0 bridgehead atoms. The number of ether oxygens (including phenoxy) is 3. The molecule has 0 fully saturated rings. The van der Waals surface area contributed by atoms with E-state index in [1.165, 1.54) is 6.92 Å². The Morgan fingerprint density at radius 2 is 1.90 bits per heavy atom. The minimum atomic E-state index is -4.57. The van der Waals surface area contributed by atoms with E-state index in [1.54, 1.807) is 31.2 Å². The third-order valence-corrected chi connectivity index (χ3v) is 3.74.